The molecule has 0 atom stereocenters. The minimum Gasteiger partial charge on any atom is -0.484 e. The van der Waals surface area contributed by atoms with Gasteiger partial charge in [-0.05, 0) is 30.9 Å². The Hall–Kier alpha value is -1.46. The molecular formula is C15H18Cl2N2O3. The molecule has 0 unspecified atom stereocenters. The monoisotopic (exact) mass is 344 g/mol. The molecule has 0 bridgehead atoms. The topological polar surface area (TPSA) is 72.6 Å². The second kappa shape index (κ2) is 7.70. The van der Waals surface area contributed by atoms with Crippen LogP contribution in [0.1, 0.15) is 19.3 Å². The number of likely N-dealkylation sites (tertiary alicyclic amines) is 1. The Bertz CT molecular complexity index is 558. The molecule has 1 aliphatic heterocycles. The molecule has 1 fully saturated rings. The van der Waals surface area contributed by atoms with Crippen LogP contribution in [-0.4, -0.2) is 36.4 Å². The molecule has 120 valence electrons. The van der Waals surface area contributed by atoms with Crippen LogP contribution < -0.4 is 10.5 Å². The molecular weight excluding hydrogens is 327 g/mol. The second-order valence-electron chi connectivity index (χ2n) is 5.36. The Labute approximate surface area is 139 Å². The molecule has 5 nitrogen and oxygen atoms in total. The van der Waals surface area contributed by atoms with Crippen molar-refractivity contribution < 1.29 is 14.3 Å². The number of hydrogen-bond acceptors (Lipinski definition) is 3. The number of benzene rings is 1. The van der Waals surface area contributed by atoms with Gasteiger partial charge in [-0.25, -0.2) is 0 Å². The smallest absolute Gasteiger partial charge is 0.260 e. The number of hydrogen-bond donors (Lipinski definition) is 1. The van der Waals surface area contributed by atoms with Gasteiger partial charge < -0.3 is 15.4 Å². The summed E-state index contributed by atoms with van der Waals surface area (Å²) in [6.07, 6.45) is 1.98. The summed E-state index contributed by atoms with van der Waals surface area (Å²) >= 11 is 11.7. The zero-order chi connectivity index (χ0) is 16.1. The zero-order valence-corrected chi connectivity index (χ0v) is 13.6. The van der Waals surface area contributed by atoms with Gasteiger partial charge in [-0.2, -0.15) is 0 Å². The van der Waals surface area contributed by atoms with E-state index in [0.29, 0.717) is 35.3 Å². The number of carbonyl (C=O) groups is 2. The standard InChI is InChI=1S/C15H18Cl2N2O3/c16-12-2-1-11(8-13(12)17)22-9-15(21)19-5-3-10(4-6-19)7-14(18)20/h1-2,8,10H,3-7,9H2,(H2,18,20). The third-order valence-electron chi connectivity index (χ3n) is 3.71. The van der Waals surface area contributed by atoms with Gasteiger partial charge in [0.05, 0.1) is 10.0 Å². The van der Waals surface area contributed by atoms with Crippen LogP contribution >= 0.6 is 23.2 Å². The lowest BCUT2D eigenvalue weighted by atomic mass is 9.93. The maximum absolute atomic E-state index is 12.1. The Kier molecular flexibility index (Phi) is 5.91. The van der Waals surface area contributed by atoms with E-state index in [4.69, 9.17) is 33.7 Å². The average Bonchev–Trinajstić information content (AvgIpc) is 2.48. The number of amides is 2. The number of nitrogens with zero attached hydrogens (tertiary/aromatic N) is 1. The van der Waals surface area contributed by atoms with E-state index >= 15 is 0 Å². The first-order chi connectivity index (χ1) is 10.5. The van der Waals surface area contributed by atoms with Crippen LogP contribution in [0.5, 0.6) is 5.75 Å². The van der Waals surface area contributed by atoms with Crippen molar-refractivity contribution in [3.63, 3.8) is 0 Å². The third-order valence-corrected chi connectivity index (χ3v) is 4.45. The highest BCUT2D eigenvalue weighted by atomic mass is 35.5. The van der Waals surface area contributed by atoms with Gasteiger partial charge in [0.15, 0.2) is 6.61 Å². The third kappa shape index (κ3) is 4.78. The maximum atomic E-state index is 12.1. The molecule has 0 spiro atoms. The van der Waals surface area contributed by atoms with Crippen molar-refractivity contribution in [3.8, 4) is 5.75 Å². The van der Waals surface area contributed by atoms with Crippen molar-refractivity contribution in [1.29, 1.82) is 0 Å². The highest BCUT2D eigenvalue weighted by Crippen LogP contribution is 2.26. The zero-order valence-electron chi connectivity index (χ0n) is 12.1. The maximum Gasteiger partial charge on any atom is 0.260 e. The van der Waals surface area contributed by atoms with E-state index in [1.54, 1.807) is 23.1 Å². The molecule has 1 aromatic carbocycles. The summed E-state index contributed by atoms with van der Waals surface area (Å²) in [4.78, 5) is 24.7. The van der Waals surface area contributed by atoms with Gasteiger partial charge in [0, 0.05) is 25.6 Å². The molecule has 1 heterocycles. The number of nitrogens with two attached hydrogens (primary N) is 1. The van der Waals surface area contributed by atoms with Crippen LogP contribution in [0.3, 0.4) is 0 Å². The van der Waals surface area contributed by atoms with Gasteiger partial charge in [-0.15, -0.1) is 0 Å². The fourth-order valence-electron chi connectivity index (χ4n) is 2.47. The van der Waals surface area contributed by atoms with Gasteiger partial charge in [0.25, 0.3) is 5.91 Å². The quantitative estimate of drug-likeness (QED) is 0.891. The summed E-state index contributed by atoms with van der Waals surface area (Å²) in [7, 11) is 0. The Morgan fingerprint density at radius 3 is 2.50 bits per heavy atom. The van der Waals surface area contributed by atoms with Crippen LogP contribution in [0, 0.1) is 5.92 Å². The molecule has 22 heavy (non-hydrogen) atoms. The van der Waals surface area contributed by atoms with Gasteiger partial charge in [-0.3, -0.25) is 9.59 Å². The summed E-state index contributed by atoms with van der Waals surface area (Å²) in [5.74, 6) is 0.417. The molecule has 1 aliphatic rings. The lowest BCUT2D eigenvalue weighted by Crippen LogP contribution is -2.41. The number of rotatable bonds is 5. The summed E-state index contributed by atoms with van der Waals surface area (Å²) in [5.41, 5.74) is 5.19. The molecule has 2 amide bonds. The Morgan fingerprint density at radius 2 is 1.91 bits per heavy atom. The largest absolute Gasteiger partial charge is 0.484 e. The molecule has 1 saturated heterocycles. The summed E-state index contributed by atoms with van der Waals surface area (Å²) in [6, 6.07) is 4.87. The molecule has 2 rings (SSSR count). The van der Waals surface area contributed by atoms with E-state index in [1.165, 1.54) is 0 Å². The predicted molar refractivity (Wildman–Crippen MR) is 85.1 cm³/mol. The van der Waals surface area contributed by atoms with Crippen LogP contribution in [0.2, 0.25) is 10.0 Å². The first kappa shape index (κ1) is 16.9. The molecule has 2 N–H and O–H groups in total. The van der Waals surface area contributed by atoms with Crippen molar-refractivity contribution in [2.24, 2.45) is 11.7 Å². The first-order valence-electron chi connectivity index (χ1n) is 7.09. The lowest BCUT2D eigenvalue weighted by Gasteiger charge is -2.31. The van der Waals surface area contributed by atoms with Crippen LogP contribution in [0.25, 0.3) is 0 Å². The van der Waals surface area contributed by atoms with Crippen molar-refractivity contribution in [2.45, 2.75) is 19.3 Å². The van der Waals surface area contributed by atoms with Crippen molar-refractivity contribution in [2.75, 3.05) is 19.7 Å². The molecule has 1 aromatic rings. The molecule has 0 radical (unpaired) electrons. The average molecular weight is 345 g/mol. The molecule has 0 aliphatic carbocycles. The Balaban J connectivity index is 1.78. The van der Waals surface area contributed by atoms with Gasteiger partial charge in [0.1, 0.15) is 5.75 Å². The number of piperidine rings is 1. The number of carbonyl (C=O) groups excluding carboxylic acids is 2. The van der Waals surface area contributed by atoms with Crippen LogP contribution in [0.4, 0.5) is 0 Å². The van der Waals surface area contributed by atoms with Gasteiger partial charge >= 0.3 is 0 Å². The minimum atomic E-state index is -0.285. The van der Waals surface area contributed by atoms with E-state index < -0.39 is 0 Å². The first-order valence-corrected chi connectivity index (χ1v) is 7.85. The summed E-state index contributed by atoms with van der Waals surface area (Å²) in [5, 5.41) is 0.829. The highest BCUT2D eigenvalue weighted by Gasteiger charge is 2.24. The molecule has 7 heteroatoms. The van der Waals surface area contributed by atoms with E-state index in [-0.39, 0.29) is 24.3 Å². The second-order valence-corrected chi connectivity index (χ2v) is 6.17. The SMILES string of the molecule is NC(=O)CC1CCN(C(=O)COc2ccc(Cl)c(Cl)c2)CC1. The lowest BCUT2D eigenvalue weighted by molar-refractivity contribution is -0.134. The van der Waals surface area contributed by atoms with E-state index in [1.807, 2.05) is 0 Å². The van der Waals surface area contributed by atoms with E-state index in [0.717, 1.165) is 12.8 Å². The number of halogens is 2. The van der Waals surface area contributed by atoms with Crippen LogP contribution in [0.15, 0.2) is 18.2 Å². The molecule has 0 aromatic heterocycles. The van der Waals surface area contributed by atoms with Crippen LogP contribution in [-0.2, 0) is 9.59 Å². The Morgan fingerprint density at radius 1 is 1.23 bits per heavy atom. The van der Waals surface area contributed by atoms with Gasteiger partial charge in [-0.1, -0.05) is 23.2 Å². The predicted octanol–water partition coefficient (Wildman–Crippen LogP) is 2.49. The fourth-order valence-corrected chi connectivity index (χ4v) is 2.76. The summed E-state index contributed by atoms with van der Waals surface area (Å²) < 4.78 is 5.44. The highest BCUT2D eigenvalue weighted by molar-refractivity contribution is 6.42. The van der Waals surface area contributed by atoms with E-state index in [2.05, 4.69) is 0 Å². The minimum absolute atomic E-state index is 0.0432. The number of ether oxygens (including phenoxy) is 1. The number of primary amides is 1. The van der Waals surface area contributed by atoms with E-state index in [9.17, 15) is 9.59 Å². The van der Waals surface area contributed by atoms with Gasteiger partial charge in [0.2, 0.25) is 5.91 Å². The normalized spacial score (nSPS) is 15.6. The fraction of sp³-hybridized carbons (Fsp3) is 0.467. The van der Waals surface area contributed by atoms with Crippen molar-refractivity contribution in [1.82, 2.24) is 4.90 Å². The van der Waals surface area contributed by atoms with Crippen molar-refractivity contribution in [3.05, 3.63) is 28.2 Å². The summed E-state index contributed by atoms with van der Waals surface area (Å²) in [6.45, 7) is 1.21. The molecule has 0 saturated carbocycles. The van der Waals surface area contributed by atoms with Crippen molar-refractivity contribution >= 4 is 35.0 Å².